The molecular weight excluding hydrogens is 226 g/mol. The second-order valence-corrected chi connectivity index (χ2v) is 5.63. The Morgan fingerprint density at radius 1 is 1.22 bits per heavy atom. The third-order valence-corrected chi connectivity index (χ3v) is 4.50. The fourth-order valence-electron chi connectivity index (χ4n) is 3.62. The van der Waals surface area contributed by atoms with Crippen LogP contribution in [-0.2, 0) is 4.79 Å². The Morgan fingerprint density at radius 3 is 2.56 bits per heavy atom. The van der Waals surface area contributed by atoms with E-state index in [-0.39, 0.29) is 0 Å². The number of aliphatic carboxylic acids is 1. The van der Waals surface area contributed by atoms with Gasteiger partial charge in [0.2, 0.25) is 0 Å². The molecule has 0 heterocycles. The van der Waals surface area contributed by atoms with E-state index < -0.39 is 12.0 Å². The average Bonchev–Trinajstić information content (AvgIpc) is 2.98. The van der Waals surface area contributed by atoms with Crippen LogP contribution in [0.5, 0.6) is 0 Å². The summed E-state index contributed by atoms with van der Waals surface area (Å²) in [6.45, 7) is 0. The third-order valence-electron chi connectivity index (χ3n) is 4.50. The lowest BCUT2D eigenvalue weighted by molar-refractivity contribution is -0.140. The van der Waals surface area contributed by atoms with Crippen molar-refractivity contribution in [3.63, 3.8) is 0 Å². The molecule has 0 aromatic heterocycles. The number of rotatable bonds is 4. The van der Waals surface area contributed by atoms with E-state index in [1.807, 2.05) is 30.3 Å². The van der Waals surface area contributed by atoms with Gasteiger partial charge < -0.3 is 5.11 Å². The van der Waals surface area contributed by atoms with Gasteiger partial charge in [-0.2, -0.15) is 0 Å². The molecule has 2 aliphatic rings. The summed E-state index contributed by atoms with van der Waals surface area (Å²) in [5.74, 6) is 0.752. The maximum absolute atomic E-state index is 11.4. The van der Waals surface area contributed by atoms with Gasteiger partial charge in [0.1, 0.15) is 6.04 Å². The van der Waals surface area contributed by atoms with E-state index in [1.165, 1.54) is 19.3 Å². The molecule has 0 aliphatic heterocycles. The standard InChI is InChI=1S/C15H19NO2/c17-15(18)14(11-4-2-1-3-5-11)16-13-9-10-6-7-12(13)8-10/h1-5,10,12-14,16H,6-9H2,(H,17,18). The maximum atomic E-state index is 11.4. The van der Waals surface area contributed by atoms with Gasteiger partial charge in [0.05, 0.1) is 0 Å². The van der Waals surface area contributed by atoms with Crippen LogP contribution in [0, 0.1) is 11.8 Å². The van der Waals surface area contributed by atoms with Gasteiger partial charge in [0, 0.05) is 6.04 Å². The lowest BCUT2D eigenvalue weighted by Crippen LogP contribution is -2.40. The van der Waals surface area contributed by atoms with Crippen molar-refractivity contribution in [3.05, 3.63) is 35.9 Å². The summed E-state index contributed by atoms with van der Waals surface area (Å²) in [6, 6.07) is 9.32. The highest BCUT2D eigenvalue weighted by Crippen LogP contribution is 2.45. The molecule has 2 N–H and O–H groups in total. The summed E-state index contributed by atoms with van der Waals surface area (Å²) >= 11 is 0. The number of hydrogen-bond acceptors (Lipinski definition) is 2. The Balaban J connectivity index is 1.73. The predicted molar refractivity (Wildman–Crippen MR) is 69.2 cm³/mol. The van der Waals surface area contributed by atoms with Crippen LogP contribution >= 0.6 is 0 Å². The molecule has 4 atom stereocenters. The van der Waals surface area contributed by atoms with Crippen LogP contribution in [-0.4, -0.2) is 17.1 Å². The van der Waals surface area contributed by atoms with E-state index in [9.17, 15) is 9.90 Å². The van der Waals surface area contributed by atoms with Crippen LogP contribution in [0.2, 0.25) is 0 Å². The molecule has 1 aromatic carbocycles. The molecule has 2 aliphatic carbocycles. The van der Waals surface area contributed by atoms with Crippen molar-refractivity contribution in [2.75, 3.05) is 0 Å². The number of fused-ring (bicyclic) bond motifs is 2. The fraction of sp³-hybridized carbons (Fsp3) is 0.533. The Kier molecular flexibility index (Phi) is 3.08. The number of hydrogen-bond donors (Lipinski definition) is 2. The van der Waals surface area contributed by atoms with Crippen LogP contribution in [0.1, 0.15) is 37.3 Å². The van der Waals surface area contributed by atoms with Crippen molar-refractivity contribution in [1.82, 2.24) is 5.32 Å². The zero-order valence-corrected chi connectivity index (χ0v) is 10.4. The summed E-state index contributed by atoms with van der Waals surface area (Å²) in [7, 11) is 0. The lowest BCUT2D eigenvalue weighted by Gasteiger charge is -2.26. The van der Waals surface area contributed by atoms with E-state index in [4.69, 9.17) is 0 Å². The second kappa shape index (κ2) is 4.73. The molecule has 0 spiro atoms. The van der Waals surface area contributed by atoms with E-state index in [2.05, 4.69) is 5.32 Å². The van der Waals surface area contributed by atoms with E-state index in [0.29, 0.717) is 12.0 Å². The molecule has 3 rings (SSSR count). The van der Waals surface area contributed by atoms with Crippen molar-refractivity contribution in [1.29, 1.82) is 0 Å². The van der Waals surface area contributed by atoms with Crippen LogP contribution < -0.4 is 5.32 Å². The van der Waals surface area contributed by atoms with Crippen molar-refractivity contribution in [3.8, 4) is 0 Å². The van der Waals surface area contributed by atoms with Gasteiger partial charge in [-0.05, 0) is 36.7 Å². The first-order chi connectivity index (χ1) is 8.74. The highest BCUT2D eigenvalue weighted by Gasteiger charge is 2.41. The largest absolute Gasteiger partial charge is 0.480 e. The maximum Gasteiger partial charge on any atom is 0.325 e. The third kappa shape index (κ3) is 2.15. The summed E-state index contributed by atoms with van der Waals surface area (Å²) < 4.78 is 0. The minimum absolute atomic E-state index is 0.394. The van der Waals surface area contributed by atoms with E-state index in [1.54, 1.807) is 0 Å². The number of nitrogens with one attached hydrogen (secondary N) is 1. The lowest BCUT2D eigenvalue weighted by atomic mass is 9.94. The SMILES string of the molecule is O=C(O)C(NC1CC2CCC1C2)c1ccccc1. The first-order valence-corrected chi connectivity index (χ1v) is 6.78. The normalized spacial score (nSPS) is 31.4. The number of carboxylic acid groups (broad SMARTS) is 1. The molecule has 4 unspecified atom stereocenters. The van der Waals surface area contributed by atoms with Crippen LogP contribution in [0.3, 0.4) is 0 Å². The number of carbonyl (C=O) groups is 1. The second-order valence-electron chi connectivity index (χ2n) is 5.63. The van der Waals surface area contributed by atoms with Gasteiger partial charge in [-0.1, -0.05) is 36.8 Å². The smallest absolute Gasteiger partial charge is 0.325 e. The number of benzene rings is 1. The Bertz CT molecular complexity index is 431. The topological polar surface area (TPSA) is 49.3 Å². The molecule has 0 amide bonds. The van der Waals surface area contributed by atoms with Gasteiger partial charge in [0.25, 0.3) is 0 Å². The van der Waals surface area contributed by atoms with Gasteiger partial charge in [-0.3, -0.25) is 10.1 Å². The molecular formula is C15H19NO2. The Morgan fingerprint density at radius 2 is 2.00 bits per heavy atom. The molecule has 3 heteroatoms. The summed E-state index contributed by atoms with van der Waals surface area (Å²) in [6.07, 6.45) is 5.05. The molecule has 2 fully saturated rings. The molecule has 0 radical (unpaired) electrons. The quantitative estimate of drug-likeness (QED) is 0.857. The Hall–Kier alpha value is -1.35. The van der Waals surface area contributed by atoms with Crippen molar-refractivity contribution >= 4 is 5.97 Å². The molecule has 1 aromatic rings. The fourth-order valence-corrected chi connectivity index (χ4v) is 3.62. The zero-order chi connectivity index (χ0) is 12.5. The highest BCUT2D eigenvalue weighted by atomic mass is 16.4. The molecule has 2 bridgehead atoms. The summed E-state index contributed by atoms with van der Waals surface area (Å²) in [4.78, 5) is 11.4. The minimum atomic E-state index is -0.774. The van der Waals surface area contributed by atoms with Crippen molar-refractivity contribution in [2.45, 2.75) is 37.8 Å². The van der Waals surface area contributed by atoms with Gasteiger partial charge >= 0.3 is 5.97 Å². The monoisotopic (exact) mass is 245 g/mol. The number of carboxylic acids is 1. The predicted octanol–water partition coefficient (Wildman–Crippen LogP) is 2.59. The first kappa shape index (κ1) is 11.7. The van der Waals surface area contributed by atoms with E-state index >= 15 is 0 Å². The summed E-state index contributed by atoms with van der Waals surface area (Å²) in [5.41, 5.74) is 0.854. The zero-order valence-electron chi connectivity index (χ0n) is 10.4. The average molecular weight is 245 g/mol. The first-order valence-electron chi connectivity index (χ1n) is 6.78. The molecule has 3 nitrogen and oxygen atoms in total. The molecule has 2 saturated carbocycles. The molecule has 96 valence electrons. The van der Waals surface area contributed by atoms with Crippen molar-refractivity contribution < 1.29 is 9.90 Å². The van der Waals surface area contributed by atoms with Crippen LogP contribution in [0.25, 0.3) is 0 Å². The van der Waals surface area contributed by atoms with Crippen LogP contribution in [0.15, 0.2) is 30.3 Å². The summed E-state index contributed by atoms with van der Waals surface area (Å²) in [5, 5.41) is 12.8. The highest BCUT2D eigenvalue weighted by molar-refractivity contribution is 5.75. The molecule has 0 saturated heterocycles. The van der Waals surface area contributed by atoms with E-state index in [0.717, 1.165) is 17.9 Å². The van der Waals surface area contributed by atoms with Crippen molar-refractivity contribution in [2.24, 2.45) is 11.8 Å². The van der Waals surface area contributed by atoms with Gasteiger partial charge in [0.15, 0.2) is 0 Å². The van der Waals surface area contributed by atoms with Crippen LogP contribution in [0.4, 0.5) is 0 Å². The minimum Gasteiger partial charge on any atom is -0.480 e. The van der Waals surface area contributed by atoms with Gasteiger partial charge in [-0.25, -0.2) is 0 Å². The van der Waals surface area contributed by atoms with Gasteiger partial charge in [-0.15, -0.1) is 0 Å². The molecule has 18 heavy (non-hydrogen) atoms. The Labute approximate surface area is 107 Å².